The highest BCUT2D eigenvalue weighted by Gasteiger charge is 2.50. The van der Waals surface area contributed by atoms with E-state index in [4.69, 9.17) is 9.47 Å². The highest BCUT2D eigenvalue weighted by molar-refractivity contribution is 8.04. The molecule has 5 heteroatoms. The van der Waals surface area contributed by atoms with Gasteiger partial charge < -0.3 is 9.47 Å². The van der Waals surface area contributed by atoms with Crippen molar-refractivity contribution in [1.29, 1.82) is 0 Å². The van der Waals surface area contributed by atoms with E-state index in [0.29, 0.717) is 0 Å². The van der Waals surface area contributed by atoms with Gasteiger partial charge >= 0.3 is 5.97 Å². The number of rotatable bonds is 10. The van der Waals surface area contributed by atoms with Crippen LogP contribution in [0.5, 0.6) is 0 Å². The second kappa shape index (κ2) is 11.1. The van der Waals surface area contributed by atoms with Gasteiger partial charge in [0.05, 0.1) is 23.3 Å². The third-order valence-corrected chi connectivity index (χ3v) is 7.91. The number of esters is 1. The number of benzene rings is 2. The fraction of sp³-hybridized carbons (Fsp3) is 0.464. The van der Waals surface area contributed by atoms with Gasteiger partial charge in [0, 0.05) is 5.69 Å². The van der Waals surface area contributed by atoms with Crippen molar-refractivity contribution < 1.29 is 14.3 Å². The third kappa shape index (κ3) is 5.24. The van der Waals surface area contributed by atoms with Crippen LogP contribution in [0.1, 0.15) is 68.9 Å². The number of aryl methyl sites for hydroxylation is 1. The number of hydrogen-bond acceptors (Lipinski definition) is 5. The molecule has 33 heavy (non-hydrogen) atoms. The maximum atomic E-state index is 12.7. The monoisotopic (exact) mass is 465 g/mol. The van der Waals surface area contributed by atoms with Crippen molar-refractivity contribution in [2.24, 2.45) is 0 Å². The summed E-state index contributed by atoms with van der Waals surface area (Å²) in [4.78, 5) is 16.2. The van der Waals surface area contributed by atoms with E-state index in [1.165, 1.54) is 51.2 Å². The zero-order valence-corrected chi connectivity index (χ0v) is 20.8. The van der Waals surface area contributed by atoms with Gasteiger partial charge in [-0.05, 0) is 31.0 Å². The van der Waals surface area contributed by atoms with Crippen molar-refractivity contribution in [2.75, 3.05) is 12.0 Å². The molecule has 4 nitrogen and oxygen atoms in total. The zero-order valence-electron chi connectivity index (χ0n) is 20.0. The highest BCUT2D eigenvalue weighted by Crippen LogP contribution is 2.55. The van der Waals surface area contributed by atoms with E-state index >= 15 is 0 Å². The van der Waals surface area contributed by atoms with E-state index in [2.05, 4.69) is 55.1 Å². The molecule has 2 heterocycles. The van der Waals surface area contributed by atoms with Crippen LogP contribution in [0.2, 0.25) is 0 Å². The number of carbonyl (C=O) groups is 1. The number of methoxy groups -OCH3 is 1. The van der Waals surface area contributed by atoms with Crippen LogP contribution in [-0.2, 0) is 14.3 Å². The van der Waals surface area contributed by atoms with E-state index in [-0.39, 0.29) is 17.3 Å². The Balaban J connectivity index is 1.61. The van der Waals surface area contributed by atoms with E-state index < -0.39 is 6.10 Å². The molecule has 176 valence electrons. The number of ether oxygens (including phenoxy) is 2. The summed E-state index contributed by atoms with van der Waals surface area (Å²) in [6, 6.07) is 18.8. The van der Waals surface area contributed by atoms with E-state index in [1.54, 1.807) is 0 Å². The SMILES string of the molecule is CCCCCCCCC1SC2=C(OC(C(=O)OC)C2c2ccccc2)N1c1ccc(C)cc1. The molecule has 0 saturated carbocycles. The summed E-state index contributed by atoms with van der Waals surface area (Å²) >= 11 is 1.86. The van der Waals surface area contributed by atoms with Crippen molar-refractivity contribution in [3.05, 3.63) is 76.5 Å². The van der Waals surface area contributed by atoms with E-state index in [9.17, 15) is 4.79 Å². The van der Waals surface area contributed by atoms with Crippen LogP contribution >= 0.6 is 11.8 Å². The normalized spacial score (nSPS) is 21.8. The first-order valence-electron chi connectivity index (χ1n) is 12.2. The van der Waals surface area contributed by atoms with Crippen LogP contribution in [0.25, 0.3) is 0 Å². The molecular weight excluding hydrogens is 430 g/mol. The van der Waals surface area contributed by atoms with Gasteiger partial charge in [0.15, 0.2) is 0 Å². The molecule has 0 aromatic heterocycles. The first kappa shape index (κ1) is 23.7. The molecule has 3 unspecified atom stereocenters. The number of thioether (sulfide) groups is 1. The second-order valence-electron chi connectivity index (χ2n) is 8.95. The smallest absolute Gasteiger partial charge is 0.348 e. The second-order valence-corrected chi connectivity index (χ2v) is 10.2. The Morgan fingerprint density at radius 3 is 2.39 bits per heavy atom. The largest absolute Gasteiger partial charge is 0.466 e. The Hall–Kier alpha value is -2.40. The van der Waals surface area contributed by atoms with Gasteiger partial charge in [-0.3, -0.25) is 4.90 Å². The van der Waals surface area contributed by atoms with Crippen LogP contribution in [0.15, 0.2) is 65.4 Å². The molecule has 2 aromatic rings. The van der Waals surface area contributed by atoms with Gasteiger partial charge in [-0.25, -0.2) is 4.79 Å². The molecule has 2 aromatic carbocycles. The summed E-state index contributed by atoms with van der Waals surface area (Å²) < 4.78 is 11.5. The van der Waals surface area contributed by atoms with Gasteiger partial charge in [0.2, 0.25) is 12.0 Å². The Bertz CT molecular complexity index is 957. The topological polar surface area (TPSA) is 38.8 Å². The highest BCUT2D eigenvalue weighted by atomic mass is 32.2. The maximum Gasteiger partial charge on any atom is 0.348 e. The average molecular weight is 466 g/mol. The van der Waals surface area contributed by atoms with Gasteiger partial charge in [-0.15, -0.1) is 0 Å². The minimum Gasteiger partial charge on any atom is -0.466 e. The summed E-state index contributed by atoms with van der Waals surface area (Å²) in [6.45, 7) is 4.36. The third-order valence-electron chi connectivity index (χ3n) is 6.51. The fourth-order valence-corrected chi connectivity index (χ4v) is 6.26. The molecule has 0 amide bonds. The first-order chi connectivity index (χ1) is 16.1. The van der Waals surface area contributed by atoms with Gasteiger partial charge in [0.25, 0.3) is 0 Å². The molecule has 0 spiro atoms. The van der Waals surface area contributed by atoms with E-state index in [0.717, 1.165) is 28.5 Å². The number of anilines is 1. The lowest BCUT2D eigenvalue weighted by atomic mass is 9.94. The molecule has 0 bridgehead atoms. The number of nitrogens with zero attached hydrogens (tertiary/aromatic N) is 1. The van der Waals surface area contributed by atoms with Gasteiger partial charge in [0.1, 0.15) is 0 Å². The van der Waals surface area contributed by atoms with Gasteiger partial charge in [-0.2, -0.15) is 0 Å². The Kier molecular flexibility index (Phi) is 8.02. The van der Waals surface area contributed by atoms with Crippen molar-refractivity contribution in [3.8, 4) is 0 Å². The molecule has 2 aliphatic heterocycles. The molecule has 0 aliphatic carbocycles. The summed E-state index contributed by atoms with van der Waals surface area (Å²) in [5.41, 5.74) is 3.44. The quantitative estimate of drug-likeness (QED) is 0.275. The predicted octanol–water partition coefficient (Wildman–Crippen LogP) is 7.15. The number of carbonyl (C=O) groups excluding carboxylic acids is 1. The Morgan fingerprint density at radius 1 is 1.00 bits per heavy atom. The van der Waals surface area contributed by atoms with Crippen LogP contribution in [0, 0.1) is 6.92 Å². The maximum absolute atomic E-state index is 12.7. The summed E-state index contributed by atoms with van der Waals surface area (Å²) in [7, 11) is 1.43. The summed E-state index contributed by atoms with van der Waals surface area (Å²) in [5.74, 6) is 0.362. The first-order valence-corrected chi connectivity index (χ1v) is 13.1. The van der Waals surface area contributed by atoms with Crippen molar-refractivity contribution in [2.45, 2.75) is 76.2 Å². The van der Waals surface area contributed by atoms with Crippen LogP contribution < -0.4 is 4.90 Å². The minimum absolute atomic E-state index is 0.138. The molecule has 0 N–H and O–H groups in total. The van der Waals surface area contributed by atoms with Crippen molar-refractivity contribution in [1.82, 2.24) is 0 Å². The molecule has 3 atom stereocenters. The average Bonchev–Trinajstić information content (AvgIpc) is 3.37. The van der Waals surface area contributed by atoms with Crippen LogP contribution in [0.3, 0.4) is 0 Å². The number of unbranched alkanes of at least 4 members (excludes halogenated alkanes) is 5. The summed E-state index contributed by atoms with van der Waals surface area (Å²) in [5, 5.41) is 0.272. The van der Waals surface area contributed by atoms with Crippen molar-refractivity contribution >= 4 is 23.4 Å². The van der Waals surface area contributed by atoms with E-state index in [1.807, 2.05) is 30.0 Å². The zero-order chi connectivity index (χ0) is 23.2. The van der Waals surface area contributed by atoms with Gasteiger partial charge in [-0.1, -0.05) is 105 Å². The Morgan fingerprint density at radius 2 is 1.70 bits per heavy atom. The minimum atomic E-state index is -0.655. The molecule has 0 saturated heterocycles. The summed E-state index contributed by atoms with van der Waals surface area (Å²) in [6.07, 6.45) is 8.11. The predicted molar refractivity (Wildman–Crippen MR) is 136 cm³/mol. The molecular formula is C28H35NO3S. The van der Waals surface area contributed by atoms with Crippen molar-refractivity contribution in [3.63, 3.8) is 0 Å². The molecule has 0 fully saturated rings. The Labute approximate surface area is 202 Å². The lowest BCUT2D eigenvalue weighted by Gasteiger charge is -2.31. The molecule has 0 radical (unpaired) electrons. The lowest BCUT2D eigenvalue weighted by molar-refractivity contribution is -0.151. The molecule has 4 rings (SSSR count). The van der Waals surface area contributed by atoms with Crippen LogP contribution in [-0.4, -0.2) is 24.6 Å². The fourth-order valence-electron chi connectivity index (χ4n) is 4.71. The molecule has 2 aliphatic rings. The lowest BCUT2D eigenvalue weighted by Crippen LogP contribution is -2.34. The standard InChI is InChI=1S/C28H35NO3S/c1-4-5-6-7-8-12-15-23-29(22-18-16-20(2)17-19-22)27-26(33-23)24(21-13-10-9-11-14-21)25(32-27)28(30)31-3/h9-11,13-14,16-19,23-25H,4-8,12,15H2,1-3H3. The van der Waals surface area contributed by atoms with Crippen LogP contribution in [0.4, 0.5) is 5.69 Å². The number of hydrogen-bond donors (Lipinski definition) is 0.